The van der Waals surface area contributed by atoms with Crippen LogP contribution in [0.1, 0.15) is 22.6 Å². The average molecular weight is 418 g/mol. The summed E-state index contributed by atoms with van der Waals surface area (Å²) in [6.07, 6.45) is 3.54. The highest BCUT2D eigenvalue weighted by molar-refractivity contribution is 7.90. The van der Waals surface area contributed by atoms with Gasteiger partial charge in [-0.1, -0.05) is 54.6 Å². The lowest BCUT2D eigenvalue weighted by molar-refractivity contribution is 0.507. The Morgan fingerprint density at radius 3 is 2.27 bits per heavy atom. The van der Waals surface area contributed by atoms with Gasteiger partial charge in [-0.15, -0.1) is 0 Å². The molecule has 4 nitrogen and oxygen atoms in total. The number of aryl methyl sites for hydroxylation is 1. The van der Waals surface area contributed by atoms with E-state index in [0.29, 0.717) is 17.2 Å². The van der Waals surface area contributed by atoms with Gasteiger partial charge in [0.2, 0.25) is 0 Å². The van der Waals surface area contributed by atoms with Crippen molar-refractivity contribution in [3.63, 3.8) is 0 Å². The summed E-state index contributed by atoms with van der Waals surface area (Å²) in [6, 6.07) is 21.2. The molecule has 0 fully saturated rings. The maximum atomic E-state index is 11.8. The molecule has 1 heterocycles. The van der Waals surface area contributed by atoms with Crippen molar-refractivity contribution >= 4 is 9.84 Å². The summed E-state index contributed by atoms with van der Waals surface area (Å²) in [5.74, 6) is 0.660. The number of hydrogen-bond acceptors (Lipinski definition) is 4. The van der Waals surface area contributed by atoms with Crippen LogP contribution in [-0.4, -0.2) is 19.7 Å². The lowest BCUT2D eigenvalue weighted by Crippen LogP contribution is -1.97. The molecule has 0 atom stereocenters. The van der Waals surface area contributed by atoms with E-state index in [1.54, 1.807) is 18.4 Å². The van der Waals surface area contributed by atoms with Gasteiger partial charge in [-0.3, -0.25) is 0 Å². The normalized spacial score (nSPS) is 11.6. The average Bonchev–Trinajstić information content (AvgIpc) is 3.18. The van der Waals surface area contributed by atoms with E-state index in [4.69, 9.17) is 9.40 Å². The summed E-state index contributed by atoms with van der Waals surface area (Å²) in [7, 11) is -3.24. The van der Waals surface area contributed by atoms with Gasteiger partial charge < -0.3 is 4.42 Å². The molecule has 0 aliphatic carbocycles. The van der Waals surface area contributed by atoms with Crippen molar-refractivity contribution in [2.75, 3.05) is 6.26 Å². The Labute approximate surface area is 177 Å². The summed E-state index contributed by atoms with van der Waals surface area (Å²) in [5.41, 5.74) is 7.16. The third-order valence-electron chi connectivity index (χ3n) is 5.33. The Morgan fingerprint density at radius 1 is 0.900 bits per heavy atom. The van der Waals surface area contributed by atoms with Gasteiger partial charge in [-0.25, -0.2) is 13.4 Å². The fourth-order valence-electron chi connectivity index (χ4n) is 3.56. The number of nitrogens with zero attached hydrogens (tertiary/aromatic N) is 1. The third kappa shape index (κ3) is 4.07. The maximum absolute atomic E-state index is 11.8. The van der Waals surface area contributed by atoms with Gasteiger partial charge in [-0.2, -0.15) is 0 Å². The second-order valence-electron chi connectivity index (χ2n) is 7.52. The van der Waals surface area contributed by atoms with E-state index in [-0.39, 0.29) is 0 Å². The zero-order valence-electron chi connectivity index (χ0n) is 17.2. The Kier molecular flexibility index (Phi) is 5.31. The molecule has 0 unspecified atom stereocenters. The molecule has 0 N–H and O–H groups in total. The third-order valence-corrected chi connectivity index (χ3v) is 6.46. The van der Waals surface area contributed by atoms with Crippen LogP contribution in [0.2, 0.25) is 0 Å². The number of hydrogen-bond donors (Lipinski definition) is 0. The fraction of sp³-hybridized carbons (Fsp3) is 0.160. The van der Waals surface area contributed by atoms with Gasteiger partial charge in [0.05, 0.1) is 4.90 Å². The largest absolute Gasteiger partial charge is 0.448 e. The summed E-state index contributed by atoms with van der Waals surface area (Å²) < 4.78 is 29.4. The Bertz CT molecular complexity index is 1290. The van der Waals surface area contributed by atoms with Crippen LogP contribution >= 0.6 is 0 Å². The van der Waals surface area contributed by atoms with Crippen molar-refractivity contribution in [3.8, 4) is 22.4 Å². The highest BCUT2D eigenvalue weighted by Crippen LogP contribution is 2.36. The minimum Gasteiger partial charge on any atom is -0.448 e. The van der Waals surface area contributed by atoms with Gasteiger partial charge in [0, 0.05) is 18.2 Å². The summed E-state index contributed by atoms with van der Waals surface area (Å²) in [5, 5.41) is 0. The molecule has 3 aromatic carbocycles. The molecule has 4 rings (SSSR count). The quantitative estimate of drug-likeness (QED) is 0.423. The first-order valence-electron chi connectivity index (χ1n) is 9.72. The predicted molar refractivity (Wildman–Crippen MR) is 119 cm³/mol. The van der Waals surface area contributed by atoms with Crippen molar-refractivity contribution in [1.29, 1.82) is 0 Å². The lowest BCUT2D eigenvalue weighted by Gasteiger charge is -2.14. The maximum Gasteiger partial charge on any atom is 0.198 e. The van der Waals surface area contributed by atoms with E-state index in [9.17, 15) is 8.42 Å². The van der Waals surface area contributed by atoms with E-state index in [0.717, 1.165) is 39.1 Å². The summed E-state index contributed by atoms with van der Waals surface area (Å²) in [4.78, 5) is 5.04. The number of aromatic nitrogens is 1. The number of benzene rings is 3. The standard InChI is InChI=1S/C25H23NO3S/c1-17-9-14-22(23-16-29-24(26-23)15-19-7-5-4-6-8-19)25(18(17)2)20-10-12-21(13-11-20)30(3,27)28/h4-14,16H,15H2,1-3H3. The van der Waals surface area contributed by atoms with Crippen LogP contribution in [0.15, 0.2) is 82.3 Å². The van der Waals surface area contributed by atoms with E-state index < -0.39 is 9.84 Å². The molecular formula is C25H23NO3S. The van der Waals surface area contributed by atoms with Gasteiger partial charge >= 0.3 is 0 Å². The van der Waals surface area contributed by atoms with E-state index in [2.05, 4.69) is 32.0 Å². The zero-order chi connectivity index (χ0) is 21.3. The first-order chi connectivity index (χ1) is 14.3. The molecule has 4 aromatic rings. The molecule has 152 valence electrons. The first-order valence-corrected chi connectivity index (χ1v) is 11.6. The van der Waals surface area contributed by atoms with Crippen LogP contribution in [0.3, 0.4) is 0 Å². The molecular weight excluding hydrogens is 394 g/mol. The molecule has 0 bridgehead atoms. The van der Waals surface area contributed by atoms with Crippen molar-refractivity contribution in [3.05, 3.63) is 95.6 Å². The van der Waals surface area contributed by atoms with Crippen molar-refractivity contribution in [2.45, 2.75) is 25.2 Å². The first kappa shape index (κ1) is 20.1. The van der Waals surface area contributed by atoms with E-state index in [1.165, 1.54) is 6.26 Å². The Morgan fingerprint density at radius 2 is 1.60 bits per heavy atom. The molecule has 0 spiro atoms. The van der Waals surface area contributed by atoms with Crippen molar-refractivity contribution in [2.24, 2.45) is 0 Å². The van der Waals surface area contributed by atoms with E-state index in [1.807, 2.05) is 36.4 Å². The van der Waals surface area contributed by atoms with Gasteiger partial charge in [-0.05, 0) is 53.8 Å². The number of sulfone groups is 1. The lowest BCUT2D eigenvalue weighted by atomic mass is 9.91. The zero-order valence-corrected chi connectivity index (χ0v) is 18.0. The van der Waals surface area contributed by atoms with Crippen LogP contribution in [-0.2, 0) is 16.3 Å². The fourth-order valence-corrected chi connectivity index (χ4v) is 4.19. The second kappa shape index (κ2) is 7.92. The van der Waals surface area contributed by atoms with E-state index >= 15 is 0 Å². The van der Waals surface area contributed by atoms with Gasteiger partial charge in [0.15, 0.2) is 15.7 Å². The van der Waals surface area contributed by atoms with Gasteiger partial charge in [0.25, 0.3) is 0 Å². The highest BCUT2D eigenvalue weighted by Gasteiger charge is 2.16. The summed E-state index contributed by atoms with van der Waals surface area (Å²) >= 11 is 0. The number of oxazole rings is 1. The molecule has 0 saturated carbocycles. The predicted octanol–water partition coefficient (Wildman–Crippen LogP) is 5.62. The molecule has 0 saturated heterocycles. The molecule has 1 aromatic heterocycles. The minimum atomic E-state index is -3.24. The SMILES string of the molecule is Cc1ccc(-c2coc(Cc3ccccc3)n2)c(-c2ccc(S(C)(=O)=O)cc2)c1C. The molecule has 30 heavy (non-hydrogen) atoms. The second-order valence-corrected chi connectivity index (χ2v) is 9.53. The van der Waals surface area contributed by atoms with Crippen LogP contribution in [0.4, 0.5) is 0 Å². The van der Waals surface area contributed by atoms with Crippen LogP contribution < -0.4 is 0 Å². The van der Waals surface area contributed by atoms with Crippen LogP contribution in [0, 0.1) is 13.8 Å². The smallest absolute Gasteiger partial charge is 0.198 e. The Balaban J connectivity index is 1.76. The molecule has 5 heteroatoms. The summed E-state index contributed by atoms with van der Waals surface area (Å²) in [6.45, 7) is 4.14. The van der Waals surface area contributed by atoms with Gasteiger partial charge in [0.1, 0.15) is 12.0 Å². The minimum absolute atomic E-state index is 0.310. The van der Waals surface area contributed by atoms with Crippen molar-refractivity contribution < 1.29 is 12.8 Å². The molecule has 0 amide bonds. The molecule has 0 radical (unpaired) electrons. The van der Waals surface area contributed by atoms with Crippen molar-refractivity contribution in [1.82, 2.24) is 4.98 Å². The highest BCUT2D eigenvalue weighted by atomic mass is 32.2. The Hall–Kier alpha value is -3.18. The topological polar surface area (TPSA) is 60.2 Å². The molecule has 0 aliphatic rings. The van der Waals surface area contributed by atoms with Crippen LogP contribution in [0.25, 0.3) is 22.4 Å². The number of rotatable bonds is 5. The molecule has 0 aliphatic heterocycles. The van der Waals surface area contributed by atoms with Crippen LogP contribution in [0.5, 0.6) is 0 Å². The monoisotopic (exact) mass is 417 g/mol.